The summed E-state index contributed by atoms with van der Waals surface area (Å²) < 4.78 is 0. The van der Waals surface area contributed by atoms with Crippen molar-refractivity contribution in [3.8, 4) is 0 Å². The molecule has 1 saturated carbocycles. The maximum Gasteiger partial charge on any atom is 0.0308 e. The van der Waals surface area contributed by atoms with Gasteiger partial charge in [0.2, 0.25) is 0 Å². The van der Waals surface area contributed by atoms with Gasteiger partial charge in [-0.25, -0.2) is 0 Å². The second-order valence-electron chi connectivity index (χ2n) is 6.89. The van der Waals surface area contributed by atoms with Crippen LogP contribution in [0.15, 0.2) is 0 Å². The molecule has 0 aliphatic heterocycles. The summed E-state index contributed by atoms with van der Waals surface area (Å²) in [4.78, 5) is 2.62. The molecule has 0 saturated heterocycles. The Morgan fingerprint density at radius 1 is 1.16 bits per heavy atom. The van der Waals surface area contributed by atoms with Gasteiger partial charge in [-0.3, -0.25) is 4.90 Å². The van der Waals surface area contributed by atoms with Crippen LogP contribution in [0.2, 0.25) is 0 Å². The van der Waals surface area contributed by atoms with Crippen LogP contribution in [-0.2, 0) is 0 Å². The molecule has 0 radical (unpaired) electrons. The van der Waals surface area contributed by atoms with Crippen LogP contribution in [0.3, 0.4) is 0 Å². The highest BCUT2D eigenvalue weighted by Gasteiger charge is 2.39. The Balaban J connectivity index is 2.85. The van der Waals surface area contributed by atoms with Crippen LogP contribution in [0.25, 0.3) is 0 Å². The van der Waals surface area contributed by atoms with Crippen LogP contribution in [-0.4, -0.2) is 36.1 Å². The van der Waals surface area contributed by atoms with Crippen molar-refractivity contribution in [2.45, 2.75) is 78.8 Å². The second-order valence-corrected chi connectivity index (χ2v) is 6.89. The van der Waals surface area contributed by atoms with Gasteiger partial charge in [-0.2, -0.15) is 0 Å². The lowest BCUT2D eigenvalue weighted by atomic mass is 9.72. The van der Waals surface area contributed by atoms with E-state index in [0.29, 0.717) is 6.04 Å². The Bertz CT molecular complexity index is 246. The van der Waals surface area contributed by atoms with Gasteiger partial charge in [0.25, 0.3) is 0 Å². The summed E-state index contributed by atoms with van der Waals surface area (Å²) in [7, 11) is 0. The van der Waals surface area contributed by atoms with E-state index in [4.69, 9.17) is 0 Å². The van der Waals surface area contributed by atoms with Crippen molar-refractivity contribution in [1.82, 2.24) is 10.2 Å². The minimum absolute atomic E-state index is 0.251. The molecule has 1 rings (SSSR count). The summed E-state index contributed by atoms with van der Waals surface area (Å²) in [6.45, 7) is 17.5. The molecule has 0 aromatic carbocycles. The van der Waals surface area contributed by atoms with Gasteiger partial charge < -0.3 is 5.32 Å². The molecule has 0 heterocycles. The number of nitrogens with one attached hydrogen (secondary N) is 1. The Labute approximate surface area is 121 Å². The molecule has 114 valence electrons. The van der Waals surface area contributed by atoms with E-state index in [0.717, 1.165) is 31.5 Å². The molecule has 3 atom stereocenters. The van der Waals surface area contributed by atoms with Gasteiger partial charge in [0.1, 0.15) is 0 Å². The lowest BCUT2D eigenvalue weighted by Gasteiger charge is -2.48. The smallest absolute Gasteiger partial charge is 0.0308 e. The number of nitrogens with zero attached hydrogens (tertiary/aromatic N) is 1. The fraction of sp³-hybridized carbons (Fsp3) is 1.00. The molecule has 1 fully saturated rings. The monoisotopic (exact) mass is 268 g/mol. The third kappa shape index (κ3) is 4.19. The summed E-state index contributed by atoms with van der Waals surface area (Å²) in [6.07, 6.45) is 5.66. The fourth-order valence-corrected chi connectivity index (χ4v) is 4.23. The first-order valence-electron chi connectivity index (χ1n) is 8.45. The van der Waals surface area contributed by atoms with Crippen LogP contribution in [0, 0.1) is 11.8 Å². The zero-order valence-electron chi connectivity index (χ0n) is 14.1. The topological polar surface area (TPSA) is 15.3 Å². The molecule has 0 amide bonds. The molecule has 3 unspecified atom stereocenters. The predicted molar refractivity (Wildman–Crippen MR) is 85.6 cm³/mol. The van der Waals surface area contributed by atoms with Crippen LogP contribution in [0.1, 0.15) is 67.2 Å². The molecule has 2 heteroatoms. The number of hydrogen-bond donors (Lipinski definition) is 1. The Hall–Kier alpha value is -0.0800. The lowest BCUT2D eigenvalue weighted by molar-refractivity contribution is 0.0490. The van der Waals surface area contributed by atoms with Crippen LogP contribution in [0.4, 0.5) is 0 Å². The fourth-order valence-electron chi connectivity index (χ4n) is 4.23. The van der Waals surface area contributed by atoms with Gasteiger partial charge in [0.05, 0.1) is 0 Å². The Kier molecular flexibility index (Phi) is 6.82. The van der Waals surface area contributed by atoms with Crippen LogP contribution in [0.5, 0.6) is 0 Å². The molecule has 0 spiro atoms. The van der Waals surface area contributed by atoms with Gasteiger partial charge in [-0.1, -0.05) is 40.5 Å². The summed E-state index contributed by atoms with van der Waals surface area (Å²) in [5.41, 5.74) is 0.251. The van der Waals surface area contributed by atoms with Gasteiger partial charge in [-0.15, -0.1) is 0 Å². The largest absolute Gasteiger partial charge is 0.312 e. The molecule has 1 aliphatic carbocycles. The van der Waals surface area contributed by atoms with E-state index in [-0.39, 0.29) is 5.54 Å². The number of rotatable bonds is 7. The van der Waals surface area contributed by atoms with Gasteiger partial charge in [0, 0.05) is 11.6 Å². The third-order valence-corrected chi connectivity index (χ3v) is 5.21. The van der Waals surface area contributed by atoms with E-state index in [9.17, 15) is 0 Å². The first-order chi connectivity index (χ1) is 8.97. The van der Waals surface area contributed by atoms with E-state index in [1.165, 1.54) is 25.7 Å². The van der Waals surface area contributed by atoms with Crippen molar-refractivity contribution < 1.29 is 0 Å². The van der Waals surface area contributed by atoms with E-state index < -0.39 is 0 Å². The molecule has 19 heavy (non-hydrogen) atoms. The standard InChI is InChI=1S/C17H36N2/c1-7-18-16(15-12-10-11-14(4)13-15)17(5,6)19(8-2)9-3/h14-16,18H,7-13H2,1-6H3. The van der Waals surface area contributed by atoms with Crippen molar-refractivity contribution in [1.29, 1.82) is 0 Å². The Morgan fingerprint density at radius 3 is 2.26 bits per heavy atom. The van der Waals surface area contributed by atoms with Crippen molar-refractivity contribution in [2.75, 3.05) is 19.6 Å². The SMILES string of the molecule is CCNC(C1CCCC(C)C1)C(C)(C)N(CC)CC. The van der Waals surface area contributed by atoms with Crippen molar-refractivity contribution >= 4 is 0 Å². The van der Waals surface area contributed by atoms with E-state index in [1.54, 1.807) is 0 Å². The summed E-state index contributed by atoms with van der Waals surface area (Å²) in [6, 6.07) is 0.625. The molecule has 0 aromatic rings. The highest BCUT2D eigenvalue weighted by Crippen LogP contribution is 2.36. The molecule has 1 N–H and O–H groups in total. The van der Waals surface area contributed by atoms with Crippen molar-refractivity contribution in [3.05, 3.63) is 0 Å². The van der Waals surface area contributed by atoms with Crippen molar-refractivity contribution in [3.63, 3.8) is 0 Å². The average Bonchev–Trinajstić information content (AvgIpc) is 2.36. The summed E-state index contributed by atoms with van der Waals surface area (Å²) in [5.74, 6) is 1.76. The Morgan fingerprint density at radius 2 is 1.79 bits per heavy atom. The zero-order chi connectivity index (χ0) is 14.5. The van der Waals surface area contributed by atoms with Gasteiger partial charge >= 0.3 is 0 Å². The van der Waals surface area contributed by atoms with Gasteiger partial charge in [0.15, 0.2) is 0 Å². The first kappa shape index (κ1) is 17.0. The average molecular weight is 268 g/mol. The van der Waals surface area contributed by atoms with Crippen LogP contribution < -0.4 is 5.32 Å². The van der Waals surface area contributed by atoms with E-state index >= 15 is 0 Å². The summed E-state index contributed by atoms with van der Waals surface area (Å²) in [5, 5.41) is 3.82. The van der Waals surface area contributed by atoms with Gasteiger partial charge in [-0.05, 0) is 58.2 Å². The minimum Gasteiger partial charge on any atom is -0.312 e. The first-order valence-corrected chi connectivity index (χ1v) is 8.45. The highest BCUT2D eigenvalue weighted by atomic mass is 15.2. The van der Waals surface area contributed by atoms with Crippen molar-refractivity contribution in [2.24, 2.45) is 11.8 Å². The maximum absolute atomic E-state index is 3.82. The summed E-state index contributed by atoms with van der Waals surface area (Å²) >= 11 is 0. The zero-order valence-corrected chi connectivity index (χ0v) is 14.1. The molecular formula is C17H36N2. The number of hydrogen-bond acceptors (Lipinski definition) is 2. The minimum atomic E-state index is 0.251. The van der Waals surface area contributed by atoms with E-state index in [1.807, 2.05) is 0 Å². The highest BCUT2D eigenvalue weighted by molar-refractivity contribution is 4.98. The molecular weight excluding hydrogens is 232 g/mol. The number of likely N-dealkylation sites (N-methyl/N-ethyl adjacent to an activating group) is 2. The molecule has 2 nitrogen and oxygen atoms in total. The maximum atomic E-state index is 3.82. The quantitative estimate of drug-likeness (QED) is 0.753. The second kappa shape index (κ2) is 7.64. The third-order valence-electron chi connectivity index (χ3n) is 5.21. The predicted octanol–water partition coefficient (Wildman–Crippen LogP) is 3.91. The lowest BCUT2D eigenvalue weighted by Crippen LogP contribution is -2.61. The molecule has 1 aliphatic rings. The molecule has 0 aromatic heterocycles. The van der Waals surface area contributed by atoms with E-state index in [2.05, 4.69) is 51.8 Å². The molecule has 0 bridgehead atoms. The van der Waals surface area contributed by atoms with Crippen LogP contribution >= 0.6 is 0 Å². The normalized spacial score (nSPS) is 26.7.